The average Bonchev–Trinajstić information content (AvgIpc) is 2.89. The number of benzene rings is 2. The van der Waals surface area contributed by atoms with Gasteiger partial charge in [-0.2, -0.15) is 4.31 Å². The molecule has 0 aromatic heterocycles. The molecule has 0 spiro atoms. The summed E-state index contributed by atoms with van der Waals surface area (Å²) in [6.07, 6.45) is 3.12. The number of hydrogen-bond donors (Lipinski definition) is 0. The normalized spacial score (nSPS) is 17.0. The van der Waals surface area contributed by atoms with Gasteiger partial charge in [-0.1, -0.05) is 53.9 Å². The Morgan fingerprint density at radius 2 is 1.63 bits per heavy atom. The molecule has 0 bridgehead atoms. The first-order valence-electron chi connectivity index (χ1n) is 13.5. The zero-order valence-electron chi connectivity index (χ0n) is 24.1. The quantitative estimate of drug-likeness (QED) is 0.268. The predicted octanol–water partition coefficient (Wildman–Crippen LogP) is 6.81. The van der Waals surface area contributed by atoms with Gasteiger partial charge in [-0.3, -0.25) is 4.79 Å². The van der Waals surface area contributed by atoms with Crippen molar-refractivity contribution in [2.24, 2.45) is 0 Å². The lowest BCUT2D eigenvalue weighted by Gasteiger charge is -2.39. The highest BCUT2D eigenvalue weighted by Crippen LogP contribution is 2.36. The third-order valence-electron chi connectivity index (χ3n) is 7.93. The van der Waals surface area contributed by atoms with Crippen molar-refractivity contribution in [2.45, 2.75) is 64.0 Å². The fourth-order valence-corrected chi connectivity index (χ4v) is 7.37. The zero-order chi connectivity index (χ0) is 30.8. The van der Waals surface area contributed by atoms with Crippen LogP contribution in [0.15, 0.2) is 36.4 Å². The number of alkyl halides is 2. The van der Waals surface area contributed by atoms with Gasteiger partial charge in [0.05, 0.1) is 21.7 Å². The summed E-state index contributed by atoms with van der Waals surface area (Å²) in [5.41, 5.74) is -0.0476. The van der Waals surface area contributed by atoms with E-state index in [0.717, 1.165) is 6.92 Å². The summed E-state index contributed by atoms with van der Waals surface area (Å²) in [4.78, 5) is 17.8. The van der Waals surface area contributed by atoms with Crippen LogP contribution in [0.2, 0.25) is 15.1 Å². The van der Waals surface area contributed by atoms with E-state index >= 15 is 0 Å². The van der Waals surface area contributed by atoms with Gasteiger partial charge in [0, 0.05) is 43.7 Å². The highest BCUT2D eigenvalue weighted by Gasteiger charge is 2.39. The minimum atomic E-state index is -3.28. The monoisotopic (exact) mass is 651 g/mol. The van der Waals surface area contributed by atoms with Gasteiger partial charge in [0.1, 0.15) is 0 Å². The molecule has 0 radical (unpaired) electrons. The molecular formula is C29H38Cl3F2N3O3S. The number of likely N-dealkylation sites (tertiary alicyclic amines) is 1. The van der Waals surface area contributed by atoms with Crippen LogP contribution in [0.5, 0.6) is 0 Å². The summed E-state index contributed by atoms with van der Waals surface area (Å²) in [6, 6.07) is 9.50. The van der Waals surface area contributed by atoms with E-state index in [1.54, 1.807) is 35.6 Å². The Hall–Kier alpha value is -1.49. The number of rotatable bonds is 11. The predicted molar refractivity (Wildman–Crippen MR) is 163 cm³/mol. The number of halogens is 5. The van der Waals surface area contributed by atoms with Gasteiger partial charge in [-0.15, -0.1) is 0 Å². The molecule has 0 saturated carbocycles. The van der Waals surface area contributed by atoms with Crippen molar-refractivity contribution in [1.82, 2.24) is 14.1 Å². The minimum Gasteiger partial charge on any atom is -0.341 e. The van der Waals surface area contributed by atoms with Gasteiger partial charge < -0.3 is 9.80 Å². The molecule has 2 aromatic rings. The SMILES string of the molecule is CCN(C1CCN(CCC(C)(C(=O)N(C)Cc2ccc(Cl)c(C(C)(F)F)c2)c2ccc(Cl)c(Cl)c2)CC1)S(C)(=O)=O. The Bertz CT molecular complexity index is 1350. The van der Waals surface area contributed by atoms with E-state index in [0.29, 0.717) is 66.6 Å². The van der Waals surface area contributed by atoms with Crippen molar-refractivity contribution in [3.05, 3.63) is 68.2 Å². The van der Waals surface area contributed by atoms with Crippen LogP contribution >= 0.6 is 34.8 Å². The van der Waals surface area contributed by atoms with E-state index in [2.05, 4.69) is 4.90 Å². The molecule has 228 valence electrons. The van der Waals surface area contributed by atoms with Crippen LogP contribution in [0, 0.1) is 0 Å². The van der Waals surface area contributed by atoms with Crippen LogP contribution in [0.3, 0.4) is 0 Å². The molecule has 1 atom stereocenters. The van der Waals surface area contributed by atoms with E-state index in [4.69, 9.17) is 34.8 Å². The molecule has 1 saturated heterocycles. The molecular weight excluding hydrogens is 615 g/mol. The molecule has 1 aliphatic heterocycles. The Balaban J connectivity index is 1.81. The van der Waals surface area contributed by atoms with Gasteiger partial charge in [-0.05, 0) is 81.2 Å². The first-order chi connectivity index (χ1) is 19.0. The van der Waals surface area contributed by atoms with Crippen LogP contribution in [0.1, 0.15) is 56.7 Å². The summed E-state index contributed by atoms with van der Waals surface area (Å²) in [6.45, 7) is 7.04. The smallest absolute Gasteiger partial charge is 0.271 e. The number of amides is 1. The van der Waals surface area contributed by atoms with E-state index in [1.165, 1.54) is 23.3 Å². The maximum Gasteiger partial charge on any atom is 0.271 e. The zero-order valence-corrected chi connectivity index (χ0v) is 27.1. The maximum atomic E-state index is 14.1. The summed E-state index contributed by atoms with van der Waals surface area (Å²) in [7, 11) is -1.63. The second kappa shape index (κ2) is 13.4. The maximum absolute atomic E-state index is 14.1. The first-order valence-corrected chi connectivity index (χ1v) is 16.5. The van der Waals surface area contributed by atoms with Crippen LogP contribution in [0.25, 0.3) is 0 Å². The van der Waals surface area contributed by atoms with E-state index < -0.39 is 21.4 Å². The van der Waals surface area contributed by atoms with Crippen molar-refractivity contribution in [1.29, 1.82) is 0 Å². The standard InChI is InChI=1S/C29H38Cl3F2N3O3S/c1-6-37(41(5,39)40)22-11-14-36(15-12-22)16-13-28(2,21-8-10-25(31)26(32)18-21)27(38)35(4)19-20-7-9-24(30)23(17-20)29(3,33)34/h7-10,17-18,22H,6,11-16,19H2,1-5H3. The minimum absolute atomic E-state index is 0.0294. The van der Waals surface area contributed by atoms with Gasteiger partial charge in [0.2, 0.25) is 15.9 Å². The lowest BCUT2D eigenvalue weighted by Crippen LogP contribution is -2.49. The van der Waals surface area contributed by atoms with Crippen molar-refractivity contribution < 1.29 is 22.0 Å². The van der Waals surface area contributed by atoms with E-state index in [-0.39, 0.29) is 29.1 Å². The Labute approximate surface area is 257 Å². The lowest BCUT2D eigenvalue weighted by atomic mass is 9.77. The number of carbonyl (C=O) groups is 1. The molecule has 1 aliphatic rings. The number of nitrogens with zero attached hydrogens (tertiary/aromatic N) is 3. The topological polar surface area (TPSA) is 60.9 Å². The molecule has 1 unspecified atom stereocenters. The summed E-state index contributed by atoms with van der Waals surface area (Å²) in [5, 5.41) is 0.680. The van der Waals surface area contributed by atoms with Gasteiger partial charge in [-0.25, -0.2) is 17.2 Å². The fourth-order valence-electron chi connectivity index (χ4n) is 5.56. The molecule has 2 aromatic carbocycles. The summed E-state index contributed by atoms with van der Waals surface area (Å²) < 4.78 is 54.0. The molecule has 1 heterocycles. The third-order valence-corrected chi connectivity index (χ3v) is 10.4. The van der Waals surface area contributed by atoms with Crippen molar-refractivity contribution in [3.8, 4) is 0 Å². The average molecular weight is 653 g/mol. The van der Waals surface area contributed by atoms with Gasteiger partial charge >= 0.3 is 0 Å². The first kappa shape index (κ1) is 34.0. The molecule has 41 heavy (non-hydrogen) atoms. The highest BCUT2D eigenvalue weighted by atomic mass is 35.5. The number of piperidine rings is 1. The number of carbonyl (C=O) groups excluding carboxylic acids is 1. The largest absolute Gasteiger partial charge is 0.341 e. The molecule has 3 rings (SSSR count). The molecule has 6 nitrogen and oxygen atoms in total. The molecule has 12 heteroatoms. The Morgan fingerprint density at radius 1 is 1.02 bits per heavy atom. The second-order valence-corrected chi connectivity index (χ2v) is 14.3. The van der Waals surface area contributed by atoms with E-state index in [9.17, 15) is 22.0 Å². The van der Waals surface area contributed by atoms with Crippen LogP contribution in [-0.4, -0.2) is 74.0 Å². The van der Waals surface area contributed by atoms with E-state index in [1.807, 2.05) is 13.8 Å². The molecule has 0 aliphatic carbocycles. The third kappa shape index (κ3) is 8.33. The van der Waals surface area contributed by atoms with Crippen molar-refractivity contribution in [3.63, 3.8) is 0 Å². The van der Waals surface area contributed by atoms with Crippen LogP contribution < -0.4 is 0 Å². The van der Waals surface area contributed by atoms with Gasteiger partial charge in [0.25, 0.3) is 5.92 Å². The Morgan fingerprint density at radius 3 is 2.17 bits per heavy atom. The van der Waals surface area contributed by atoms with Crippen LogP contribution in [0.4, 0.5) is 8.78 Å². The second-order valence-electron chi connectivity index (χ2n) is 11.1. The fraction of sp³-hybridized carbons (Fsp3) is 0.552. The number of sulfonamides is 1. The number of hydrogen-bond acceptors (Lipinski definition) is 4. The van der Waals surface area contributed by atoms with Gasteiger partial charge in [0.15, 0.2) is 0 Å². The lowest BCUT2D eigenvalue weighted by molar-refractivity contribution is -0.136. The van der Waals surface area contributed by atoms with Crippen LogP contribution in [-0.2, 0) is 32.7 Å². The molecule has 1 fully saturated rings. The highest BCUT2D eigenvalue weighted by molar-refractivity contribution is 7.88. The van der Waals surface area contributed by atoms with Crippen molar-refractivity contribution >= 4 is 50.7 Å². The number of likely N-dealkylation sites (N-methyl/N-ethyl adjacent to an activating group) is 1. The molecule has 1 amide bonds. The molecule has 0 N–H and O–H groups in total. The summed E-state index contributed by atoms with van der Waals surface area (Å²) in [5.74, 6) is -3.31. The van der Waals surface area contributed by atoms with Crippen molar-refractivity contribution in [2.75, 3.05) is 39.5 Å². The summed E-state index contributed by atoms with van der Waals surface area (Å²) >= 11 is 18.5. The Kier molecular flexibility index (Phi) is 11.1.